The van der Waals surface area contributed by atoms with E-state index in [-0.39, 0.29) is 5.91 Å². The summed E-state index contributed by atoms with van der Waals surface area (Å²) < 4.78 is 11.3. The van der Waals surface area contributed by atoms with Crippen LogP contribution in [0.2, 0.25) is 0 Å². The van der Waals surface area contributed by atoms with Crippen molar-refractivity contribution in [1.29, 1.82) is 0 Å². The van der Waals surface area contributed by atoms with Crippen LogP contribution in [-0.4, -0.2) is 17.7 Å². The van der Waals surface area contributed by atoms with E-state index in [4.69, 9.17) is 9.47 Å². The maximum Gasteiger partial charge on any atom is 0.264 e. The lowest BCUT2D eigenvalue weighted by atomic mass is 10.1. The summed E-state index contributed by atoms with van der Waals surface area (Å²) in [5.41, 5.74) is 4.04. The van der Waals surface area contributed by atoms with Crippen LogP contribution in [0.25, 0.3) is 6.08 Å². The minimum atomic E-state index is -0.153. The molecule has 1 heterocycles. The topological polar surface area (TPSA) is 59.9 Å². The van der Waals surface area contributed by atoms with Crippen molar-refractivity contribution in [3.05, 3.63) is 94.4 Å². The van der Waals surface area contributed by atoms with Crippen LogP contribution in [0.3, 0.4) is 0 Å². The summed E-state index contributed by atoms with van der Waals surface area (Å²) in [6.45, 7) is 5.15. The molecule has 1 saturated heterocycles. The van der Waals surface area contributed by atoms with Gasteiger partial charge in [0.1, 0.15) is 18.1 Å². The number of hydrogen-bond donors (Lipinski definition) is 1. The number of nitrogens with zero attached hydrogens (tertiary/aromatic N) is 1. The van der Waals surface area contributed by atoms with Crippen LogP contribution in [0.15, 0.2) is 82.7 Å². The third kappa shape index (κ3) is 5.80. The molecule has 0 bridgehead atoms. The van der Waals surface area contributed by atoms with Gasteiger partial charge < -0.3 is 14.8 Å². The highest BCUT2D eigenvalue weighted by Gasteiger charge is 2.23. The van der Waals surface area contributed by atoms with Crippen molar-refractivity contribution in [3.63, 3.8) is 0 Å². The van der Waals surface area contributed by atoms with Crippen molar-refractivity contribution in [3.8, 4) is 11.5 Å². The minimum Gasteiger partial charge on any atom is -0.494 e. The summed E-state index contributed by atoms with van der Waals surface area (Å²) in [7, 11) is 0. The van der Waals surface area contributed by atoms with E-state index in [2.05, 4.69) is 41.5 Å². The van der Waals surface area contributed by atoms with Gasteiger partial charge >= 0.3 is 0 Å². The average Bonchev–Trinajstić information content (AvgIpc) is 3.14. The van der Waals surface area contributed by atoms with Crippen molar-refractivity contribution >= 4 is 34.6 Å². The van der Waals surface area contributed by atoms with E-state index in [0.717, 1.165) is 28.3 Å². The molecule has 1 aliphatic rings. The number of rotatable bonds is 7. The highest BCUT2D eigenvalue weighted by molar-refractivity contribution is 8.18. The van der Waals surface area contributed by atoms with Gasteiger partial charge in [0.2, 0.25) is 0 Å². The fraction of sp³-hybridized carbons (Fsp3) is 0.154. The number of amides is 1. The van der Waals surface area contributed by atoms with Crippen molar-refractivity contribution in [2.24, 2.45) is 4.99 Å². The lowest BCUT2D eigenvalue weighted by Gasteiger charge is -2.07. The molecule has 1 N–H and O–H groups in total. The lowest BCUT2D eigenvalue weighted by Crippen LogP contribution is -2.19. The van der Waals surface area contributed by atoms with Crippen LogP contribution in [-0.2, 0) is 11.4 Å². The van der Waals surface area contributed by atoms with Gasteiger partial charge in [-0.25, -0.2) is 4.99 Å². The Morgan fingerprint density at radius 1 is 0.906 bits per heavy atom. The third-order valence-electron chi connectivity index (χ3n) is 4.73. The molecule has 1 fully saturated rings. The van der Waals surface area contributed by atoms with E-state index in [0.29, 0.717) is 23.3 Å². The first-order valence-electron chi connectivity index (χ1n) is 10.4. The van der Waals surface area contributed by atoms with E-state index in [9.17, 15) is 4.79 Å². The van der Waals surface area contributed by atoms with Crippen molar-refractivity contribution < 1.29 is 14.3 Å². The van der Waals surface area contributed by atoms with Crippen LogP contribution < -0.4 is 14.8 Å². The van der Waals surface area contributed by atoms with Gasteiger partial charge in [-0.05, 0) is 79.2 Å². The summed E-state index contributed by atoms with van der Waals surface area (Å²) in [5, 5.41) is 3.37. The molecular formula is C26H24N2O3S. The highest BCUT2D eigenvalue weighted by Crippen LogP contribution is 2.29. The number of carbonyl (C=O) groups is 1. The lowest BCUT2D eigenvalue weighted by molar-refractivity contribution is -0.115. The summed E-state index contributed by atoms with van der Waals surface area (Å²) in [5.74, 6) is 1.43. The van der Waals surface area contributed by atoms with E-state index >= 15 is 0 Å². The molecule has 4 rings (SSSR count). The molecule has 0 saturated carbocycles. The first kappa shape index (κ1) is 21.7. The smallest absolute Gasteiger partial charge is 0.264 e. The number of thioether (sulfide) groups is 1. The predicted octanol–water partition coefficient (Wildman–Crippen LogP) is 5.86. The molecule has 0 unspecified atom stereocenters. The van der Waals surface area contributed by atoms with Gasteiger partial charge in [-0.15, -0.1) is 0 Å². The number of ether oxygens (including phenoxy) is 2. The van der Waals surface area contributed by atoms with Crippen molar-refractivity contribution in [2.45, 2.75) is 20.5 Å². The summed E-state index contributed by atoms with van der Waals surface area (Å²) in [6.07, 6.45) is 1.85. The Labute approximate surface area is 192 Å². The number of aryl methyl sites for hydroxylation is 1. The molecule has 0 aromatic heterocycles. The molecule has 5 nitrogen and oxygen atoms in total. The van der Waals surface area contributed by atoms with Crippen molar-refractivity contribution in [1.82, 2.24) is 5.32 Å². The molecular weight excluding hydrogens is 420 g/mol. The second kappa shape index (κ2) is 10.2. The number of amidine groups is 1. The normalized spacial score (nSPS) is 15.8. The Hall–Kier alpha value is -3.51. The number of hydrogen-bond acceptors (Lipinski definition) is 5. The molecule has 0 spiro atoms. The zero-order valence-electron chi connectivity index (χ0n) is 18.0. The molecule has 0 aliphatic carbocycles. The van der Waals surface area contributed by atoms with Crippen LogP contribution >= 0.6 is 11.8 Å². The van der Waals surface area contributed by atoms with E-state index in [1.54, 1.807) is 0 Å². The first-order valence-corrected chi connectivity index (χ1v) is 11.2. The first-order chi connectivity index (χ1) is 15.6. The molecule has 3 aromatic rings. The van der Waals surface area contributed by atoms with Gasteiger partial charge in [-0.2, -0.15) is 0 Å². The number of nitrogens with one attached hydrogen (secondary N) is 1. The Bertz CT molecular complexity index is 1140. The van der Waals surface area contributed by atoms with Gasteiger partial charge in [0, 0.05) is 0 Å². The maximum absolute atomic E-state index is 12.3. The second-order valence-corrected chi connectivity index (χ2v) is 8.28. The monoisotopic (exact) mass is 444 g/mol. The highest BCUT2D eigenvalue weighted by atomic mass is 32.2. The van der Waals surface area contributed by atoms with Crippen LogP contribution in [0, 0.1) is 6.92 Å². The Balaban J connectivity index is 1.37. The molecule has 0 atom stereocenters. The number of benzene rings is 3. The fourth-order valence-corrected chi connectivity index (χ4v) is 3.89. The summed E-state index contributed by atoms with van der Waals surface area (Å²) in [6, 6.07) is 23.4. The SMILES string of the molecule is CCOc1ccc(N=C2NC(=O)C(=Cc3ccc(OCc4ccc(C)cc4)cc3)S2)cc1. The molecule has 32 heavy (non-hydrogen) atoms. The van der Waals surface area contributed by atoms with Gasteiger partial charge in [0.05, 0.1) is 17.2 Å². The Morgan fingerprint density at radius 3 is 2.25 bits per heavy atom. The molecule has 1 amide bonds. The van der Waals surface area contributed by atoms with E-state index < -0.39 is 0 Å². The molecule has 0 radical (unpaired) electrons. The zero-order chi connectivity index (χ0) is 22.3. The molecule has 6 heteroatoms. The molecule has 3 aromatic carbocycles. The van der Waals surface area contributed by atoms with Crippen LogP contribution in [0.4, 0.5) is 5.69 Å². The van der Waals surface area contributed by atoms with Crippen LogP contribution in [0.5, 0.6) is 11.5 Å². The van der Waals surface area contributed by atoms with E-state index in [1.807, 2.05) is 61.5 Å². The largest absolute Gasteiger partial charge is 0.494 e. The zero-order valence-corrected chi connectivity index (χ0v) is 18.8. The fourth-order valence-electron chi connectivity index (χ4n) is 3.04. The number of carbonyl (C=O) groups excluding carboxylic acids is 1. The summed E-state index contributed by atoms with van der Waals surface area (Å²) >= 11 is 1.32. The van der Waals surface area contributed by atoms with Crippen LogP contribution in [0.1, 0.15) is 23.6 Å². The standard InChI is InChI=1S/C26H24N2O3S/c1-3-30-22-14-10-21(11-15-22)27-26-28-25(29)24(32-26)16-19-8-12-23(13-9-19)31-17-20-6-4-18(2)5-7-20/h4-16H,3,17H2,1-2H3,(H,27,28,29). The van der Waals surface area contributed by atoms with Gasteiger partial charge in [-0.3, -0.25) is 4.79 Å². The minimum absolute atomic E-state index is 0.153. The van der Waals surface area contributed by atoms with Gasteiger partial charge in [-0.1, -0.05) is 42.0 Å². The Morgan fingerprint density at radius 2 is 1.56 bits per heavy atom. The molecule has 1 aliphatic heterocycles. The summed E-state index contributed by atoms with van der Waals surface area (Å²) in [4.78, 5) is 17.4. The van der Waals surface area contributed by atoms with Gasteiger partial charge in [0.15, 0.2) is 5.17 Å². The number of aliphatic imine (C=N–C) groups is 1. The van der Waals surface area contributed by atoms with E-state index in [1.165, 1.54) is 17.3 Å². The quantitative estimate of drug-likeness (QED) is 0.464. The van der Waals surface area contributed by atoms with Crippen molar-refractivity contribution in [2.75, 3.05) is 6.61 Å². The third-order valence-corrected chi connectivity index (χ3v) is 5.64. The second-order valence-electron chi connectivity index (χ2n) is 7.25. The maximum atomic E-state index is 12.3. The molecule has 162 valence electrons. The Kier molecular flexibility index (Phi) is 6.92. The average molecular weight is 445 g/mol. The van der Waals surface area contributed by atoms with Gasteiger partial charge in [0.25, 0.3) is 5.91 Å². The predicted molar refractivity (Wildman–Crippen MR) is 130 cm³/mol.